The maximum atomic E-state index is 4.32. The van der Waals surface area contributed by atoms with E-state index in [4.69, 9.17) is 0 Å². The molecule has 0 spiro atoms. The average Bonchev–Trinajstić information content (AvgIpc) is 2.73. The molecule has 1 aromatic carbocycles. The van der Waals surface area contributed by atoms with Crippen LogP contribution in [0.3, 0.4) is 0 Å². The molecule has 0 fully saturated rings. The number of thiazole rings is 1. The van der Waals surface area contributed by atoms with Gasteiger partial charge in [0.15, 0.2) is 0 Å². The van der Waals surface area contributed by atoms with Gasteiger partial charge in [-0.3, -0.25) is 0 Å². The molecule has 0 saturated heterocycles. The number of hydrogen-bond donors (Lipinski definition) is 0. The maximum Gasteiger partial charge on any atom is 0.124 e. The molecule has 0 aliphatic heterocycles. The highest BCUT2D eigenvalue weighted by molar-refractivity contribution is 7.09. The van der Waals surface area contributed by atoms with Crippen LogP contribution in [0.1, 0.15) is 29.1 Å². The largest absolute Gasteiger partial charge is 0.233 e. The monoisotopic (exact) mass is 227 g/mol. The zero-order valence-electron chi connectivity index (χ0n) is 9.40. The molecule has 0 aliphatic rings. The van der Waals surface area contributed by atoms with E-state index in [1.165, 1.54) is 5.56 Å². The summed E-state index contributed by atoms with van der Waals surface area (Å²) in [4.78, 5) is 4.32. The Labute approximate surface area is 100 Å². The molecule has 2 heteroatoms. The Morgan fingerprint density at radius 1 is 1.25 bits per heavy atom. The van der Waals surface area contributed by atoms with Gasteiger partial charge in [-0.1, -0.05) is 36.3 Å². The number of rotatable bonds is 1. The Bertz CT molecular complexity index is 516. The SMILES string of the molecule is Cc1nc(C#CC(C)c2ccccc2)cs1. The lowest BCUT2D eigenvalue weighted by Crippen LogP contribution is -1.88. The van der Waals surface area contributed by atoms with Crippen molar-refractivity contribution in [2.75, 3.05) is 0 Å². The molecule has 2 rings (SSSR count). The first-order chi connectivity index (χ1) is 7.75. The van der Waals surface area contributed by atoms with Crippen molar-refractivity contribution in [3.05, 3.63) is 52.0 Å². The summed E-state index contributed by atoms with van der Waals surface area (Å²) in [7, 11) is 0. The van der Waals surface area contributed by atoms with Gasteiger partial charge in [-0.05, 0) is 25.3 Å². The quantitative estimate of drug-likeness (QED) is 0.678. The van der Waals surface area contributed by atoms with Crippen LogP contribution in [0.5, 0.6) is 0 Å². The number of hydrogen-bond acceptors (Lipinski definition) is 2. The number of benzene rings is 1. The summed E-state index contributed by atoms with van der Waals surface area (Å²) in [5, 5.41) is 3.07. The standard InChI is InChI=1S/C14H13NS/c1-11(13-6-4-3-5-7-13)8-9-14-10-16-12(2)15-14/h3-7,10-11H,1-2H3. The minimum absolute atomic E-state index is 0.253. The third-order valence-electron chi connectivity index (χ3n) is 2.34. The molecule has 1 atom stereocenters. The van der Waals surface area contributed by atoms with Gasteiger partial charge in [-0.25, -0.2) is 4.98 Å². The Balaban J connectivity index is 2.14. The summed E-state index contributed by atoms with van der Waals surface area (Å²) >= 11 is 1.64. The Morgan fingerprint density at radius 3 is 2.62 bits per heavy atom. The van der Waals surface area contributed by atoms with Crippen molar-refractivity contribution in [1.82, 2.24) is 4.98 Å². The number of aromatic nitrogens is 1. The molecule has 0 aliphatic carbocycles. The predicted octanol–water partition coefficient (Wildman–Crippen LogP) is 3.61. The zero-order chi connectivity index (χ0) is 11.4. The van der Waals surface area contributed by atoms with Crippen molar-refractivity contribution >= 4 is 11.3 Å². The highest BCUT2D eigenvalue weighted by Crippen LogP contribution is 2.13. The minimum Gasteiger partial charge on any atom is -0.233 e. The molecule has 0 amide bonds. The van der Waals surface area contributed by atoms with Crippen molar-refractivity contribution < 1.29 is 0 Å². The summed E-state index contributed by atoms with van der Waals surface area (Å²) in [6, 6.07) is 10.3. The normalized spacial score (nSPS) is 11.6. The van der Waals surface area contributed by atoms with Gasteiger partial charge in [0, 0.05) is 11.3 Å². The van der Waals surface area contributed by atoms with Crippen molar-refractivity contribution in [1.29, 1.82) is 0 Å². The van der Waals surface area contributed by atoms with Gasteiger partial charge in [0.05, 0.1) is 5.01 Å². The fourth-order valence-corrected chi connectivity index (χ4v) is 1.97. The van der Waals surface area contributed by atoms with E-state index in [2.05, 4.69) is 35.9 Å². The molecule has 80 valence electrons. The van der Waals surface area contributed by atoms with E-state index < -0.39 is 0 Å². The van der Waals surface area contributed by atoms with Crippen LogP contribution in [0.25, 0.3) is 0 Å². The highest BCUT2D eigenvalue weighted by atomic mass is 32.1. The van der Waals surface area contributed by atoms with Gasteiger partial charge in [0.1, 0.15) is 5.69 Å². The molecule has 1 unspecified atom stereocenters. The van der Waals surface area contributed by atoms with Crippen molar-refractivity contribution in [3.63, 3.8) is 0 Å². The van der Waals surface area contributed by atoms with Crippen LogP contribution < -0.4 is 0 Å². The second-order valence-corrected chi connectivity index (χ2v) is 4.72. The Kier molecular flexibility index (Phi) is 3.38. The van der Waals surface area contributed by atoms with Crippen molar-refractivity contribution in [3.8, 4) is 11.8 Å². The van der Waals surface area contributed by atoms with Crippen LogP contribution in [0.4, 0.5) is 0 Å². The lowest BCUT2D eigenvalue weighted by Gasteiger charge is -2.02. The first-order valence-corrected chi connectivity index (χ1v) is 6.12. The molecule has 0 saturated carbocycles. The average molecular weight is 227 g/mol. The van der Waals surface area contributed by atoms with E-state index in [1.807, 2.05) is 30.5 Å². The summed E-state index contributed by atoms with van der Waals surface area (Å²) < 4.78 is 0. The zero-order valence-corrected chi connectivity index (χ0v) is 10.2. The van der Waals surface area contributed by atoms with Gasteiger partial charge in [-0.15, -0.1) is 11.3 Å². The molecule has 16 heavy (non-hydrogen) atoms. The van der Waals surface area contributed by atoms with Gasteiger partial charge in [0.2, 0.25) is 0 Å². The predicted molar refractivity (Wildman–Crippen MR) is 68.6 cm³/mol. The molecule has 2 aromatic rings. The van der Waals surface area contributed by atoms with Crippen LogP contribution >= 0.6 is 11.3 Å². The molecule has 1 aromatic heterocycles. The van der Waals surface area contributed by atoms with Gasteiger partial charge >= 0.3 is 0 Å². The summed E-state index contributed by atoms with van der Waals surface area (Å²) in [6.45, 7) is 4.11. The van der Waals surface area contributed by atoms with Crippen molar-refractivity contribution in [2.45, 2.75) is 19.8 Å². The summed E-state index contributed by atoms with van der Waals surface area (Å²) in [5.74, 6) is 6.59. The smallest absolute Gasteiger partial charge is 0.124 e. The Morgan fingerprint density at radius 2 is 2.00 bits per heavy atom. The second kappa shape index (κ2) is 4.96. The van der Waals surface area contributed by atoms with Crippen LogP contribution in [0.2, 0.25) is 0 Å². The lowest BCUT2D eigenvalue weighted by atomic mass is 10.0. The van der Waals surface area contributed by atoms with Gasteiger partial charge in [0.25, 0.3) is 0 Å². The highest BCUT2D eigenvalue weighted by Gasteiger charge is 1.99. The number of aryl methyl sites for hydroxylation is 1. The van der Waals surface area contributed by atoms with Crippen LogP contribution in [0.15, 0.2) is 35.7 Å². The van der Waals surface area contributed by atoms with E-state index in [-0.39, 0.29) is 5.92 Å². The topological polar surface area (TPSA) is 12.9 Å². The van der Waals surface area contributed by atoms with E-state index in [1.54, 1.807) is 11.3 Å². The third kappa shape index (κ3) is 2.71. The first kappa shape index (κ1) is 10.9. The molecule has 1 nitrogen and oxygen atoms in total. The third-order valence-corrected chi connectivity index (χ3v) is 3.11. The van der Waals surface area contributed by atoms with Gasteiger partial charge in [-0.2, -0.15) is 0 Å². The van der Waals surface area contributed by atoms with E-state index in [9.17, 15) is 0 Å². The van der Waals surface area contributed by atoms with Crippen LogP contribution in [-0.4, -0.2) is 4.98 Å². The lowest BCUT2D eigenvalue weighted by molar-refractivity contribution is 1.00. The van der Waals surface area contributed by atoms with Crippen molar-refractivity contribution in [2.24, 2.45) is 0 Å². The molecular weight excluding hydrogens is 214 g/mol. The van der Waals surface area contributed by atoms with Crippen LogP contribution in [-0.2, 0) is 0 Å². The molecule has 1 heterocycles. The summed E-state index contributed by atoms with van der Waals surface area (Å²) in [6.07, 6.45) is 0. The van der Waals surface area contributed by atoms with E-state index in [0.717, 1.165) is 10.7 Å². The maximum absolute atomic E-state index is 4.32. The fraction of sp³-hybridized carbons (Fsp3) is 0.214. The van der Waals surface area contributed by atoms with E-state index >= 15 is 0 Å². The number of nitrogens with zero attached hydrogens (tertiary/aromatic N) is 1. The first-order valence-electron chi connectivity index (χ1n) is 5.24. The Hall–Kier alpha value is -1.59. The fourth-order valence-electron chi connectivity index (χ4n) is 1.43. The molecule has 0 bridgehead atoms. The summed E-state index contributed by atoms with van der Waals surface area (Å²) in [5.41, 5.74) is 2.13. The molecular formula is C14H13NS. The van der Waals surface area contributed by atoms with E-state index in [0.29, 0.717) is 0 Å². The minimum atomic E-state index is 0.253. The molecule has 0 radical (unpaired) electrons. The van der Waals surface area contributed by atoms with Crippen LogP contribution in [0, 0.1) is 18.8 Å². The van der Waals surface area contributed by atoms with Gasteiger partial charge < -0.3 is 0 Å². The second-order valence-electron chi connectivity index (χ2n) is 3.65. The molecule has 0 N–H and O–H groups in total.